The molecule has 2 unspecified atom stereocenters. The molecule has 1 rings (SSSR count). The van der Waals surface area contributed by atoms with E-state index in [0.29, 0.717) is 5.75 Å². The highest BCUT2D eigenvalue weighted by Crippen LogP contribution is 2.23. The Morgan fingerprint density at radius 3 is 2.71 bits per heavy atom. The average Bonchev–Trinajstić information content (AvgIpc) is 2.27. The number of aryl methyl sites for hydroxylation is 1. The van der Waals surface area contributed by atoms with Crippen LogP contribution >= 0.6 is 12.6 Å². The number of carbonyl (C=O) groups is 1. The second-order valence-electron chi connectivity index (χ2n) is 3.78. The Morgan fingerprint density at radius 1 is 1.53 bits per heavy atom. The molecule has 3 N–H and O–H groups in total. The molecule has 0 fully saturated rings. The number of nitrogens with zero attached hydrogens (tertiary/aromatic N) is 1. The van der Waals surface area contributed by atoms with Crippen molar-refractivity contribution in [3.8, 4) is 0 Å². The van der Waals surface area contributed by atoms with Gasteiger partial charge in [-0.05, 0) is 30.7 Å². The van der Waals surface area contributed by atoms with Crippen LogP contribution in [0.4, 0.5) is 0 Å². The molecule has 1 heterocycles. The van der Waals surface area contributed by atoms with Crippen molar-refractivity contribution in [2.24, 2.45) is 0 Å². The molecular weight excluding hydrogens is 242 g/mol. The van der Waals surface area contributed by atoms with Gasteiger partial charge < -0.3 is 15.3 Å². The van der Waals surface area contributed by atoms with Crippen LogP contribution in [-0.4, -0.2) is 38.1 Å². The zero-order valence-electron chi connectivity index (χ0n) is 9.37. The lowest BCUT2D eigenvalue weighted by atomic mass is 9.99. The van der Waals surface area contributed by atoms with E-state index in [1.807, 2.05) is 0 Å². The van der Waals surface area contributed by atoms with E-state index < -0.39 is 18.2 Å². The van der Waals surface area contributed by atoms with Gasteiger partial charge in [0.25, 0.3) is 0 Å². The fourth-order valence-electron chi connectivity index (χ4n) is 1.49. The Balaban J connectivity index is 3.10. The molecule has 94 valence electrons. The van der Waals surface area contributed by atoms with Gasteiger partial charge in [-0.1, -0.05) is 0 Å². The maximum atomic E-state index is 10.9. The standard InChI is InChI=1S/C11H15NO4S/c1-6-4-7(9(11(15)16)12-5-6)10(14)8(13)2-3-17/h4-5,8,10,13-14,17H,2-3H2,1H3,(H,15,16). The SMILES string of the molecule is Cc1cnc(C(=O)O)c(C(O)C(O)CCS)c1. The first kappa shape index (κ1) is 14.0. The van der Waals surface area contributed by atoms with Crippen molar-refractivity contribution in [2.75, 3.05) is 5.75 Å². The second kappa shape index (κ2) is 6.00. The average molecular weight is 257 g/mol. The van der Waals surface area contributed by atoms with E-state index in [1.54, 1.807) is 6.92 Å². The van der Waals surface area contributed by atoms with E-state index in [0.717, 1.165) is 5.56 Å². The minimum atomic E-state index is -1.26. The molecule has 0 aliphatic heterocycles. The summed E-state index contributed by atoms with van der Waals surface area (Å²) in [5.41, 5.74) is 0.621. The van der Waals surface area contributed by atoms with Gasteiger partial charge in [0.05, 0.1) is 6.10 Å². The van der Waals surface area contributed by atoms with Gasteiger partial charge in [-0.2, -0.15) is 12.6 Å². The van der Waals surface area contributed by atoms with E-state index in [2.05, 4.69) is 17.6 Å². The topological polar surface area (TPSA) is 90.7 Å². The van der Waals surface area contributed by atoms with Gasteiger partial charge in [-0.15, -0.1) is 0 Å². The lowest BCUT2D eigenvalue weighted by Gasteiger charge is -2.18. The van der Waals surface area contributed by atoms with Gasteiger partial charge >= 0.3 is 5.97 Å². The second-order valence-corrected chi connectivity index (χ2v) is 4.23. The van der Waals surface area contributed by atoms with Gasteiger partial charge in [-0.25, -0.2) is 9.78 Å². The fraction of sp³-hybridized carbons (Fsp3) is 0.455. The smallest absolute Gasteiger partial charge is 0.354 e. The summed E-state index contributed by atoms with van der Waals surface area (Å²) in [6, 6.07) is 1.52. The molecule has 0 aliphatic rings. The van der Waals surface area contributed by atoms with Crippen LogP contribution in [0.3, 0.4) is 0 Å². The minimum absolute atomic E-state index is 0.131. The van der Waals surface area contributed by atoms with Gasteiger partial charge in [-0.3, -0.25) is 0 Å². The Hall–Kier alpha value is -1.11. The Labute approximate surface area is 105 Å². The maximum Gasteiger partial charge on any atom is 0.354 e. The summed E-state index contributed by atoms with van der Waals surface area (Å²) in [7, 11) is 0. The van der Waals surface area contributed by atoms with Crippen molar-refractivity contribution in [1.29, 1.82) is 0 Å². The zero-order chi connectivity index (χ0) is 13.0. The highest BCUT2D eigenvalue weighted by atomic mass is 32.1. The summed E-state index contributed by atoms with van der Waals surface area (Å²) in [4.78, 5) is 14.7. The number of hydrogen-bond acceptors (Lipinski definition) is 5. The minimum Gasteiger partial charge on any atom is -0.477 e. The van der Waals surface area contributed by atoms with Crippen molar-refractivity contribution >= 4 is 18.6 Å². The number of thiol groups is 1. The van der Waals surface area contributed by atoms with Crippen LogP contribution in [0.15, 0.2) is 12.3 Å². The fourth-order valence-corrected chi connectivity index (χ4v) is 1.76. The highest BCUT2D eigenvalue weighted by Gasteiger charge is 2.24. The van der Waals surface area contributed by atoms with E-state index in [4.69, 9.17) is 5.11 Å². The predicted molar refractivity (Wildman–Crippen MR) is 65.4 cm³/mol. The molecule has 5 nitrogen and oxygen atoms in total. The highest BCUT2D eigenvalue weighted by molar-refractivity contribution is 7.80. The Kier molecular flexibility index (Phi) is 4.92. The van der Waals surface area contributed by atoms with E-state index in [-0.39, 0.29) is 17.7 Å². The number of aliphatic hydroxyl groups excluding tert-OH is 2. The molecule has 0 radical (unpaired) electrons. The van der Waals surface area contributed by atoms with Crippen LogP contribution in [0.1, 0.15) is 34.1 Å². The summed E-state index contributed by atoms with van der Waals surface area (Å²) in [6.45, 7) is 1.74. The van der Waals surface area contributed by atoms with Crippen LogP contribution in [0.5, 0.6) is 0 Å². The number of aromatic nitrogens is 1. The molecule has 17 heavy (non-hydrogen) atoms. The molecule has 1 aromatic rings. The molecule has 0 saturated heterocycles. The third-order valence-electron chi connectivity index (χ3n) is 2.36. The first-order chi connectivity index (χ1) is 7.97. The van der Waals surface area contributed by atoms with Crippen molar-refractivity contribution in [2.45, 2.75) is 25.6 Å². The van der Waals surface area contributed by atoms with Crippen molar-refractivity contribution < 1.29 is 20.1 Å². The van der Waals surface area contributed by atoms with Crippen LogP contribution < -0.4 is 0 Å². The first-order valence-corrected chi connectivity index (χ1v) is 5.77. The van der Waals surface area contributed by atoms with Crippen LogP contribution in [0.2, 0.25) is 0 Å². The molecular formula is C11H15NO4S. The molecule has 2 atom stereocenters. The van der Waals surface area contributed by atoms with Crippen LogP contribution in [0.25, 0.3) is 0 Å². The molecule has 0 amide bonds. The summed E-state index contributed by atoms with van der Waals surface area (Å²) >= 11 is 3.95. The lowest BCUT2D eigenvalue weighted by molar-refractivity contribution is 0.0159. The van der Waals surface area contributed by atoms with Crippen molar-refractivity contribution in [3.05, 3.63) is 29.1 Å². The van der Waals surface area contributed by atoms with E-state index in [9.17, 15) is 15.0 Å². The number of carboxylic acid groups (broad SMARTS) is 1. The van der Waals surface area contributed by atoms with Gasteiger partial charge in [0, 0.05) is 11.8 Å². The summed E-state index contributed by atoms with van der Waals surface area (Å²) in [5, 5.41) is 28.5. The molecule has 0 aliphatic carbocycles. The number of carboxylic acids is 1. The van der Waals surface area contributed by atoms with Crippen LogP contribution in [-0.2, 0) is 0 Å². The van der Waals surface area contributed by atoms with Crippen molar-refractivity contribution in [3.63, 3.8) is 0 Å². The summed E-state index contributed by atoms with van der Waals surface area (Å²) in [5.74, 6) is -0.822. The molecule has 0 spiro atoms. The Morgan fingerprint density at radius 2 is 2.18 bits per heavy atom. The number of hydrogen-bond donors (Lipinski definition) is 4. The Bertz CT molecular complexity index is 410. The summed E-state index contributed by atoms with van der Waals surface area (Å²) in [6.07, 6.45) is -0.628. The number of rotatable bonds is 5. The summed E-state index contributed by atoms with van der Waals surface area (Å²) < 4.78 is 0. The van der Waals surface area contributed by atoms with Gasteiger partial charge in [0.2, 0.25) is 0 Å². The zero-order valence-corrected chi connectivity index (χ0v) is 10.3. The third kappa shape index (κ3) is 3.42. The van der Waals surface area contributed by atoms with E-state index >= 15 is 0 Å². The molecule has 6 heteroatoms. The lowest BCUT2D eigenvalue weighted by Crippen LogP contribution is -2.22. The number of pyridine rings is 1. The number of aliphatic hydroxyl groups is 2. The molecule has 1 aromatic heterocycles. The van der Waals surface area contributed by atoms with Gasteiger partial charge in [0.1, 0.15) is 6.10 Å². The first-order valence-electron chi connectivity index (χ1n) is 5.14. The number of aromatic carboxylic acids is 1. The molecule has 0 aromatic carbocycles. The van der Waals surface area contributed by atoms with Gasteiger partial charge in [0.15, 0.2) is 5.69 Å². The monoisotopic (exact) mass is 257 g/mol. The largest absolute Gasteiger partial charge is 0.477 e. The normalized spacial score (nSPS) is 14.4. The quantitative estimate of drug-likeness (QED) is 0.586. The molecule has 0 bridgehead atoms. The molecule has 0 saturated carbocycles. The maximum absolute atomic E-state index is 10.9. The van der Waals surface area contributed by atoms with E-state index in [1.165, 1.54) is 12.3 Å². The van der Waals surface area contributed by atoms with Crippen molar-refractivity contribution in [1.82, 2.24) is 4.98 Å². The predicted octanol–water partition coefficient (Wildman–Crippen LogP) is 0.802. The third-order valence-corrected chi connectivity index (χ3v) is 2.62. The van der Waals surface area contributed by atoms with Crippen LogP contribution in [0, 0.1) is 6.92 Å².